The van der Waals surface area contributed by atoms with Crippen molar-refractivity contribution in [3.05, 3.63) is 34.4 Å². The molecule has 0 aromatic heterocycles. The summed E-state index contributed by atoms with van der Waals surface area (Å²) in [5.74, 6) is 2.16. The van der Waals surface area contributed by atoms with Gasteiger partial charge < -0.3 is 0 Å². The Hall–Kier alpha value is 3.06. The Balaban J connectivity index is 1.64. The number of hydrogen-bond acceptors (Lipinski definition) is 0. The fourth-order valence-electron chi connectivity index (χ4n) is 4.08. The number of benzene rings is 1. The van der Waals surface area contributed by atoms with Gasteiger partial charge in [0, 0.05) is 23.7 Å². The molecule has 4 fully saturated rings. The van der Waals surface area contributed by atoms with E-state index in [9.17, 15) is 0 Å². The standard InChI is InChI=1S/C18H14Br8/c19-15(20)3-11(15)7-1-8(12-4-16(12,21)22)10(14-6-18(14,25)26)2-9(7)13-5-17(13,23)24/h1-2,11-14H,3-6H2/t11-,12-,13-,14-/m1/s1. The summed E-state index contributed by atoms with van der Waals surface area (Å²) in [5, 5.41) is 0. The van der Waals surface area contributed by atoms with Gasteiger partial charge in [0.05, 0.1) is 12.9 Å². The van der Waals surface area contributed by atoms with E-state index in [1.807, 2.05) is 0 Å². The average Bonchev–Trinajstić information content (AvgIpc) is 3.43. The maximum Gasteiger partial charge on any atom is 0.0881 e. The van der Waals surface area contributed by atoms with Crippen molar-refractivity contribution in [2.75, 3.05) is 0 Å². The van der Waals surface area contributed by atoms with Gasteiger partial charge in [0.25, 0.3) is 0 Å². The monoisotopic (exact) mass is 861 g/mol. The van der Waals surface area contributed by atoms with Crippen molar-refractivity contribution in [1.29, 1.82) is 0 Å². The Morgan fingerprint density at radius 3 is 0.731 bits per heavy atom. The summed E-state index contributed by atoms with van der Waals surface area (Å²) in [7, 11) is 0. The summed E-state index contributed by atoms with van der Waals surface area (Å²) in [6, 6.07) is 5.05. The van der Waals surface area contributed by atoms with Crippen LogP contribution in [0.1, 0.15) is 71.6 Å². The van der Waals surface area contributed by atoms with Gasteiger partial charge in [0.2, 0.25) is 0 Å². The van der Waals surface area contributed by atoms with E-state index in [1.54, 1.807) is 0 Å². The molecule has 0 unspecified atom stereocenters. The molecule has 0 amide bonds. The van der Waals surface area contributed by atoms with Crippen LogP contribution >= 0.6 is 127 Å². The van der Waals surface area contributed by atoms with E-state index in [-0.39, 0.29) is 12.9 Å². The first-order chi connectivity index (χ1) is 11.8. The zero-order chi connectivity index (χ0) is 18.9. The molecule has 0 heterocycles. The molecule has 26 heavy (non-hydrogen) atoms. The lowest BCUT2D eigenvalue weighted by Crippen LogP contribution is -2.05. The van der Waals surface area contributed by atoms with Crippen molar-refractivity contribution in [2.45, 2.75) is 62.3 Å². The maximum atomic E-state index is 3.86. The number of halogens is 8. The van der Waals surface area contributed by atoms with Crippen LogP contribution < -0.4 is 0 Å². The van der Waals surface area contributed by atoms with Crippen LogP contribution in [-0.2, 0) is 0 Å². The molecule has 4 atom stereocenters. The lowest BCUT2D eigenvalue weighted by atomic mass is 9.89. The molecule has 5 rings (SSSR count). The highest BCUT2D eigenvalue weighted by Crippen LogP contribution is 2.71. The third-order valence-corrected chi connectivity index (χ3v) is 13.1. The molecule has 1 aromatic rings. The summed E-state index contributed by atoms with van der Waals surface area (Å²) >= 11 is 30.9. The van der Waals surface area contributed by atoms with Crippen molar-refractivity contribution in [1.82, 2.24) is 0 Å². The average molecular weight is 870 g/mol. The zero-order valence-electron chi connectivity index (χ0n) is 13.3. The molecule has 1 aromatic carbocycles. The molecule has 142 valence electrons. The number of rotatable bonds is 4. The zero-order valence-corrected chi connectivity index (χ0v) is 26.0. The van der Waals surface area contributed by atoms with Gasteiger partial charge in [-0.25, -0.2) is 0 Å². The fourth-order valence-corrected chi connectivity index (χ4v) is 8.64. The molecule has 0 saturated heterocycles. The minimum atomic E-state index is 0.0708. The summed E-state index contributed by atoms with van der Waals surface area (Å²) in [6.45, 7) is 0. The van der Waals surface area contributed by atoms with E-state index in [2.05, 4.69) is 140 Å². The predicted molar refractivity (Wildman–Crippen MR) is 138 cm³/mol. The van der Waals surface area contributed by atoms with Crippen molar-refractivity contribution in [2.24, 2.45) is 0 Å². The van der Waals surface area contributed by atoms with Gasteiger partial charge in [0.1, 0.15) is 0 Å². The molecular weight excluding hydrogens is 855 g/mol. The lowest BCUT2D eigenvalue weighted by Gasteiger charge is -2.19. The first-order valence-electron chi connectivity index (χ1n) is 8.52. The van der Waals surface area contributed by atoms with E-state index < -0.39 is 0 Å². The molecule has 4 aliphatic rings. The highest BCUT2D eigenvalue weighted by molar-refractivity contribution is 9.26. The van der Waals surface area contributed by atoms with Gasteiger partial charge in [-0.15, -0.1) is 0 Å². The van der Waals surface area contributed by atoms with Gasteiger partial charge >= 0.3 is 0 Å². The third kappa shape index (κ3) is 3.64. The van der Waals surface area contributed by atoms with Crippen LogP contribution in [0.2, 0.25) is 0 Å². The molecule has 4 aliphatic carbocycles. The van der Waals surface area contributed by atoms with Crippen molar-refractivity contribution in [3.63, 3.8) is 0 Å². The first kappa shape index (κ1) is 20.9. The first-order valence-corrected chi connectivity index (χ1v) is 14.9. The van der Waals surface area contributed by atoms with E-state index in [0.717, 1.165) is 25.7 Å². The maximum absolute atomic E-state index is 3.86. The fraction of sp³-hybridized carbons (Fsp3) is 0.667. The molecule has 4 saturated carbocycles. The molecule has 0 spiro atoms. The Morgan fingerprint density at radius 1 is 0.462 bits per heavy atom. The molecule has 0 radical (unpaired) electrons. The van der Waals surface area contributed by atoms with Crippen LogP contribution in [0.15, 0.2) is 12.1 Å². The quantitative estimate of drug-likeness (QED) is 0.265. The van der Waals surface area contributed by atoms with Crippen LogP contribution in [-0.4, -0.2) is 12.9 Å². The van der Waals surface area contributed by atoms with E-state index in [4.69, 9.17) is 0 Å². The van der Waals surface area contributed by atoms with Gasteiger partial charge in [-0.05, 0) is 47.9 Å². The van der Waals surface area contributed by atoms with Crippen LogP contribution in [0, 0.1) is 0 Å². The Labute approximate surface area is 221 Å². The minimum absolute atomic E-state index is 0.0708. The molecular formula is C18H14Br8. The molecule has 0 bridgehead atoms. The number of alkyl halides is 8. The van der Waals surface area contributed by atoms with Gasteiger partial charge in [-0.2, -0.15) is 0 Å². The van der Waals surface area contributed by atoms with Gasteiger partial charge in [-0.3, -0.25) is 0 Å². The highest BCUT2D eigenvalue weighted by atomic mass is 79.9. The Kier molecular flexibility index (Phi) is 5.08. The lowest BCUT2D eigenvalue weighted by molar-refractivity contribution is 0.952. The molecule has 0 nitrogen and oxygen atoms in total. The summed E-state index contributed by atoms with van der Waals surface area (Å²) in [6.07, 6.45) is 4.58. The summed E-state index contributed by atoms with van der Waals surface area (Å²) in [5.41, 5.74) is 6.06. The van der Waals surface area contributed by atoms with E-state index >= 15 is 0 Å². The van der Waals surface area contributed by atoms with Crippen LogP contribution in [0.5, 0.6) is 0 Å². The van der Waals surface area contributed by atoms with Gasteiger partial charge in [0.15, 0.2) is 0 Å². The molecule has 0 aliphatic heterocycles. The molecule has 0 N–H and O–H groups in total. The third-order valence-electron chi connectivity index (χ3n) is 6.09. The number of hydrogen-bond donors (Lipinski definition) is 0. The molecule has 8 heteroatoms. The van der Waals surface area contributed by atoms with Crippen molar-refractivity contribution >= 4 is 127 Å². The van der Waals surface area contributed by atoms with Crippen molar-refractivity contribution in [3.8, 4) is 0 Å². The Bertz CT molecular complexity index is 681. The second-order valence-electron chi connectivity index (χ2n) is 8.18. The normalized spacial score (nSPS) is 39.4. The van der Waals surface area contributed by atoms with Crippen LogP contribution in [0.3, 0.4) is 0 Å². The Morgan fingerprint density at radius 2 is 0.615 bits per heavy atom. The second-order valence-corrected chi connectivity index (χ2v) is 23.8. The largest absolute Gasteiger partial charge is 0.0881 e. The van der Waals surface area contributed by atoms with Crippen LogP contribution in [0.4, 0.5) is 0 Å². The van der Waals surface area contributed by atoms with Crippen LogP contribution in [0.25, 0.3) is 0 Å². The van der Waals surface area contributed by atoms with Crippen molar-refractivity contribution < 1.29 is 0 Å². The van der Waals surface area contributed by atoms with E-state index in [1.165, 1.54) is 22.3 Å². The summed E-state index contributed by atoms with van der Waals surface area (Å²) in [4.78, 5) is 0. The predicted octanol–water partition coefficient (Wildman–Crippen LogP) is 9.58. The highest BCUT2D eigenvalue weighted by Gasteiger charge is 2.60. The van der Waals surface area contributed by atoms with Gasteiger partial charge in [-0.1, -0.05) is 140 Å². The topological polar surface area (TPSA) is 0 Å². The smallest absolute Gasteiger partial charge is 0.0720 e. The summed E-state index contributed by atoms with van der Waals surface area (Å²) < 4.78 is 0.283. The minimum Gasteiger partial charge on any atom is -0.0720 e. The SMILES string of the molecule is BrC1(Br)C[C@@H]1c1cc([C@H]2CC2(Br)Br)c([C@H]2CC2(Br)Br)cc1[C@H]1CC1(Br)Br. The second kappa shape index (κ2) is 6.31. The van der Waals surface area contributed by atoms with E-state index in [0.29, 0.717) is 23.7 Å².